The number of para-hydroxylation sites is 3. The second-order valence-corrected chi connectivity index (χ2v) is 11.7. The number of amides is 1. The first-order chi connectivity index (χ1) is 23.6. The number of hydrogen-bond donors (Lipinski definition) is 4. The molecule has 0 bridgehead atoms. The van der Waals surface area contributed by atoms with Crippen LogP contribution in [-0.4, -0.2) is 80.1 Å². The Morgan fingerprint density at radius 3 is 2.23 bits per heavy atom. The molecule has 2 saturated heterocycles. The molecule has 0 radical (unpaired) electrons. The molecule has 1 atom stereocenters. The van der Waals surface area contributed by atoms with Crippen molar-refractivity contribution in [3.8, 4) is 12.8 Å². The van der Waals surface area contributed by atoms with E-state index in [1.165, 1.54) is 50.1 Å². The maximum absolute atomic E-state index is 10.2. The molecule has 48 heavy (non-hydrogen) atoms. The van der Waals surface area contributed by atoms with Crippen LogP contribution in [0.5, 0.6) is 0 Å². The van der Waals surface area contributed by atoms with Gasteiger partial charge in [0.05, 0.1) is 23.7 Å². The van der Waals surface area contributed by atoms with E-state index in [0.29, 0.717) is 5.92 Å². The van der Waals surface area contributed by atoms with E-state index in [-0.39, 0.29) is 0 Å². The van der Waals surface area contributed by atoms with Crippen molar-refractivity contribution >= 4 is 39.9 Å². The minimum absolute atomic E-state index is 0.712. The molecule has 3 aliphatic rings. The van der Waals surface area contributed by atoms with Gasteiger partial charge in [0.15, 0.2) is 5.58 Å². The second kappa shape index (κ2) is 24.0. The Hall–Kier alpha value is -4.17. The maximum Gasteiger partial charge on any atom is 0.209 e. The van der Waals surface area contributed by atoms with Gasteiger partial charge in [0.25, 0.3) is 0 Å². The van der Waals surface area contributed by atoms with Crippen molar-refractivity contribution in [2.45, 2.75) is 65.2 Å². The Morgan fingerprint density at radius 2 is 1.65 bits per heavy atom. The summed E-state index contributed by atoms with van der Waals surface area (Å²) in [5.41, 5.74) is 5.95. The number of aromatic nitrogens is 2. The molecule has 2 aromatic carbocycles. The maximum atomic E-state index is 10.2. The normalized spacial score (nSPS) is 15.6. The molecular weight excluding hydrogens is 604 g/mol. The van der Waals surface area contributed by atoms with Crippen molar-refractivity contribution in [2.24, 2.45) is 5.92 Å². The molecule has 4 N–H and O–H groups in total. The summed E-state index contributed by atoms with van der Waals surface area (Å²) in [6.07, 6.45) is 18.4. The van der Waals surface area contributed by atoms with Gasteiger partial charge < -0.3 is 35.1 Å². The third kappa shape index (κ3) is 13.5. The number of fused-ring (bicyclic) bond motifs is 4. The number of piperidine rings is 1. The van der Waals surface area contributed by atoms with Gasteiger partial charge in [0.1, 0.15) is 16.9 Å². The molecule has 1 amide bonds. The highest BCUT2D eigenvalue weighted by atomic mass is 16.5. The monoisotopic (exact) mass is 660 g/mol. The third-order valence-electron chi connectivity index (χ3n) is 7.96. The number of carbonyl (C=O) groups excluding carboxylic acids is 1. The first-order valence-electron chi connectivity index (χ1n) is 17.0. The molecule has 262 valence electrons. The fourth-order valence-electron chi connectivity index (χ4n) is 5.58. The average molecular weight is 661 g/mol. The van der Waals surface area contributed by atoms with E-state index in [1.54, 1.807) is 7.11 Å². The number of aryl methyl sites for hydroxylation is 2. The number of ether oxygens (including phenoxy) is 1. The first kappa shape index (κ1) is 40.0. The molecule has 2 aromatic heterocycles. The van der Waals surface area contributed by atoms with Crippen molar-refractivity contribution in [3.63, 3.8) is 0 Å². The van der Waals surface area contributed by atoms with Gasteiger partial charge in [0, 0.05) is 45.7 Å². The Morgan fingerprint density at radius 1 is 0.979 bits per heavy atom. The second-order valence-electron chi connectivity index (χ2n) is 11.7. The number of anilines is 2. The summed E-state index contributed by atoms with van der Waals surface area (Å²) >= 11 is 0. The molecule has 10 heteroatoms. The predicted molar refractivity (Wildman–Crippen MR) is 198 cm³/mol. The summed E-state index contributed by atoms with van der Waals surface area (Å²) in [6, 6.07) is 16.2. The third-order valence-corrected chi connectivity index (χ3v) is 7.96. The SMILES string of the molecule is C#C.C1CCNC1.CC1CCCN(C=O)C1.CO.COCCCCCc1nc(C)c2oc3ccccc3c2n1.c1ccc2c(c1)NCN2. The standard InChI is InChI=1S/C17H20N2O2.C7H8N2.C7H13NO.C4H9N.C2H2.CH4O/c1-12-17-16(13-8-5-6-9-14(13)21-17)19-15(18-12)10-4-3-7-11-20-2;1-2-4-7-6(3-1)8-5-9-7;1-7-3-2-4-8(5-7)6-9;1-2-4-5-3-1;2*1-2/h5-6,8-9H,3-4,7,10-11H2,1-2H3;1-4,8-9H,5H2;6-7H,2-5H2,1H3;5H,1-4H2;1-2H;2H,1H3. The van der Waals surface area contributed by atoms with E-state index in [9.17, 15) is 4.79 Å². The van der Waals surface area contributed by atoms with Gasteiger partial charge in [-0.2, -0.15) is 0 Å². The molecule has 2 fully saturated rings. The van der Waals surface area contributed by atoms with E-state index in [2.05, 4.69) is 58.9 Å². The molecule has 1 unspecified atom stereocenters. The molecular formula is C38H56N6O4. The molecule has 5 heterocycles. The van der Waals surface area contributed by atoms with Crippen molar-refractivity contribution in [1.29, 1.82) is 0 Å². The van der Waals surface area contributed by atoms with Gasteiger partial charge in [-0.1, -0.05) is 37.6 Å². The fourth-order valence-corrected chi connectivity index (χ4v) is 5.58. The summed E-state index contributed by atoms with van der Waals surface area (Å²) in [7, 11) is 2.74. The largest absolute Gasteiger partial charge is 0.452 e. The summed E-state index contributed by atoms with van der Waals surface area (Å²) < 4.78 is 10.9. The zero-order valence-electron chi connectivity index (χ0n) is 29.3. The van der Waals surface area contributed by atoms with Crippen LogP contribution in [0.2, 0.25) is 0 Å². The van der Waals surface area contributed by atoms with Crippen LogP contribution in [0.3, 0.4) is 0 Å². The molecule has 0 spiro atoms. The number of benzene rings is 2. The minimum Gasteiger partial charge on any atom is -0.452 e. The van der Waals surface area contributed by atoms with Crippen LogP contribution >= 0.6 is 0 Å². The summed E-state index contributed by atoms with van der Waals surface area (Å²) in [5, 5.41) is 17.7. The van der Waals surface area contributed by atoms with Crippen molar-refractivity contribution in [3.05, 3.63) is 60.0 Å². The number of unbranched alkanes of at least 4 members (excludes halogenated alkanes) is 2. The van der Waals surface area contributed by atoms with Gasteiger partial charge >= 0.3 is 0 Å². The predicted octanol–water partition coefficient (Wildman–Crippen LogP) is 6.63. The van der Waals surface area contributed by atoms with E-state index in [1.807, 2.05) is 42.2 Å². The van der Waals surface area contributed by atoms with Crippen LogP contribution in [0.15, 0.2) is 52.9 Å². The minimum atomic E-state index is 0.712. The average Bonchev–Trinajstić information content (AvgIpc) is 3.94. The van der Waals surface area contributed by atoms with Crippen LogP contribution in [-0.2, 0) is 16.0 Å². The zero-order chi connectivity index (χ0) is 35.0. The summed E-state index contributed by atoms with van der Waals surface area (Å²) in [4.78, 5) is 21.4. The van der Waals surface area contributed by atoms with Crippen molar-refractivity contribution in [2.75, 3.05) is 64.3 Å². The van der Waals surface area contributed by atoms with E-state index in [4.69, 9.17) is 19.2 Å². The number of nitrogens with one attached hydrogen (secondary N) is 3. The highest BCUT2D eigenvalue weighted by Crippen LogP contribution is 2.28. The van der Waals surface area contributed by atoms with Gasteiger partial charge in [-0.05, 0) is 88.7 Å². The van der Waals surface area contributed by atoms with Gasteiger partial charge in [-0.15, -0.1) is 12.8 Å². The lowest BCUT2D eigenvalue weighted by atomic mass is 10.0. The van der Waals surface area contributed by atoms with Crippen LogP contribution in [0.4, 0.5) is 11.4 Å². The van der Waals surface area contributed by atoms with E-state index < -0.39 is 0 Å². The van der Waals surface area contributed by atoms with Gasteiger partial charge in [-0.25, -0.2) is 9.97 Å². The first-order valence-corrected chi connectivity index (χ1v) is 17.0. The molecule has 10 nitrogen and oxygen atoms in total. The fraction of sp³-hybridized carbons (Fsp3) is 0.500. The molecule has 0 aliphatic carbocycles. The number of likely N-dealkylation sites (tertiary alicyclic amines) is 1. The van der Waals surface area contributed by atoms with Crippen LogP contribution in [0.1, 0.15) is 63.4 Å². The van der Waals surface area contributed by atoms with Crippen molar-refractivity contribution in [1.82, 2.24) is 20.2 Å². The highest BCUT2D eigenvalue weighted by molar-refractivity contribution is 6.02. The number of nitrogens with zero attached hydrogens (tertiary/aromatic N) is 3. The van der Waals surface area contributed by atoms with Crippen molar-refractivity contribution < 1.29 is 19.1 Å². The number of aliphatic hydroxyl groups excluding tert-OH is 1. The number of carbonyl (C=O) groups is 1. The molecule has 0 saturated carbocycles. The zero-order valence-corrected chi connectivity index (χ0v) is 29.3. The van der Waals surface area contributed by atoms with E-state index >= 15 is 0 Å². The lowest BCUT2D eigenvalue weighted by Gasteiger charge is -2.27. The number of hydrogen-bond acceptors (Lipinski definition) is 9. The number of methoxy groups -OCH3 is 1. The van der Waals surface area contributed by atoms with Crippen LogP contribution < -0.4 is 16.0 Å². The summed E-state index contributed by atoms with van der Waals surface area (Å²) in [6.45, 7) is 10.3. The number of rotatable bonds is 7. The Balaban J connectivity index is 0.000000245. The number of aliphatic hydroxyl groups is 1. The Bertz CT molecular complexity index is 1440. The highest BCUT2D eigenvalue weighted by Gasteiger charge is 2.14. The molecule has 7 rings (SSSR count). The lowest BCUT2D eigenvalue weighted by Crippen LogP contribution is -2.32. The van der Waals surface area contributed by atoms with Crippen LogP contribution in [0.25, 0.3) is 22.1 Å². The number of terminal acetylenes is 1. The topological polar surface area (TPSA) is 125 Å². The summed E-state index contributed by atoms with van der Waals surface area (Å²) in [5.74, 6) is 1.62. The molecule has 4 aromatic rings. The van der Waals surface area contributed by atoms with Crippen LogP contribution in [0, 0.1) is 25.7 Å². The van der Waals surface area contributed by atoms with E-state index in [0.717, 1.165) is 99.2 Å². The van der Waals surface area contributed by atoms with Gasteiger partial charge in [0.2, 0.25) is 6.41 Å². The Labute approximate surface area is 287 Å². The van der Waals surface area contributed by atoms with Gasteiger partial charge in [-0.3, -0.25) is 4.79 Å². The number of furan rings is 1. The smallest absolute Gasteiger partial charge is 0.209 e. The Kier molecular flexibility index (Phi) is 20.0. The quantitative estimate of drug-likeness (QED) is 0.0983. The molecule has 3 aliphatic heterocycles. The lowest BCUT2D eigenvalue weighted by molar-refractivity contribution is -0.119.